The molecule has 1 atom stereocenters. The molecule has 1 N–H and O–H groups in total. The molecular formula is C19H21F3N2O4S. The molecule has 1 amide bonds. The molecule has 0 radical (unpaired) electrons. The van der Waals surface area contributed by atoms with E-state index in [1.807, 2.05) is 0 Å². The third-order valence-corrected chi connectivity index (χ3v) is 5.31. The number of alkyl halides is 3. The minimum absolute atomic E-state index is 0.0749. The van der Waals surface area contributed by atoms with Crippen molar-refractivity contribution in [3.63, 3.8) is 0 Å². The summed E-state index contributed by atoms with van der Waals surface area (Å²) in [6.45, 7) is 1.42. The molecule has 0 aliphatic heterocycles. The van der Waals surface area contributed by atoms with E-state index in [1.54, 1.807) is 0 Å². The van der Waals surface area contributed by atoms with Gasteiger partial charge in [0.1, 0.15) is 5.75 Å². The summed E-state index contributed by atoms with van der Waals surface area (Å²) in [6.07, 6.45) is -4.28. The number of hydrogen-bond donors (Lipinski definition) is 1. The number of carbonyl (C=O) groups is 1. The van der Waals surface area contributed by atoms with Gasteiger partial charge in [-0.3, -0.25) is 9.10 Å². The number of benzene rings is 2. The summed E-state index contributed by atoms with van der Waals surface area (Å²) < 4.78 is 67.9. The van der Waals surface area contributed by atoms with E-state index in [9.17, 15) is 26.4 Å². The van der Waals surface area contributed by atoms with Crippen molar-refractivity contribution in [1.29, 1.82) is 0 Å². The second-order valence-corrected chi connectivity index (χ2v) is 8.41. The van der Waals surface area contributed by atoms with Gasteiger partial charge in [-0.15, -0.1) is 0 Å². The first-order valence-corrected chi connectivity index (χ1v) is 10.4. The molecule has 2 aromatic rings. The number of hydrogen-bond acceptors (Lipinski definition) is 4. The van der Waals surface area contributed by atoms with Crippen molar-refractivity contribution < 1.29 is 31.1 Å². The van der Waals surface area contributed by atoms with Crippen molar-refractivity contribution in [3.05, 3.63) is 59.7 Å². The Morgan fingerprint density at radius 1 is 1.17 bits per heavy atom. The summed E-state index contributed by atoms with van der Waals surface area (Å²) in [5, 5.41) is 2.53. The molecule has 2 rings (SSSR count). The van der Waals surface area contributed by atoms with Crippen molar-refractivity contribution in [2.45, 2.75) is 25.7 Å². The molecule has 0 aromatic heterocycles. The van der Waals surface area contributed by atoms with Gasteiger partial charge in [-0.2, -0.15) is 13.2 Å². The van der Waals surface area contributed by atoms with Crippen molar-refractivity contribution in [1.82, 2.24) is 5.32 Å². The second kappa shape index (κ2) is 8.73. The van der Waals surface area contributed by atoms with E-state index in [0.717, 1.165) is 22.7 Å². The van der Waals surface area contributed by atoms with Gasteiger partial charge in [0.15, 0.2) is 6.10 Å². The van der Waals surface area contributed by atoms with Crippen LogP contribution in [-0.4, -0.2) is 33.7 Å². The quantitative estimate of drug-likeness (QED) is 0.732. The van der Waals surface area contributed by atoms with Crippen molar-refractivity contribution in [3.8, 4) is 5.75 Å². The molecule has 1 unspecified atom stereocenters. The number of nitrogens with one attached hydrogen (secondary N) is 1. The molecule has 0 aliphatic rings. The largest absolute Gasteiger partial charge is 0.481 e. The zero-order chi connectivity index (χ0) is 21.8. The fourth-order valence-corrected chi connectivity index (χ4v) is 2.88. The Bertz CT molecular complexity index is 960. The summed E-state index contributed by atoms with van der Waals surface area (Å²) in [5.74, 6) is -0.155. The summed E-state index contributed by atoms with van der Waals surface area (Å²) in [6, 6.07) is 10.8. The maximum Gasteiger partial charge on any atom is 0.416 e. The van der Waals surface area contributed by atoms with Crippen LogP contribution in [0.15, 0.2) is 48.5 Å². The van der Waals surface area contributed by atoms with Crippen LogP contribution in [-0.2, 0) is 27.5 Å². The lowest BCUT2D eigenvalue weighted by Crippen LogP contribution is -2.36. The van der Waals surface area contributed by atoms with E-state index < -0.39 is 33.8 Å². The summed E-state index contributed by atoms with van der Waals surface area (Å²) in [4.78, 5) is 12.2. The average molecular weight is 430 g/mol. The number of amides is 1. The molecule has 0 aliphatic carbocycles. The molecular weight excluding hydrogens is 409 g/mol. The van der Waals surface area contributed by atoms with E-state index in [-0.39, 0.29) is 6.54 Å². The highest BCUT2D eigenvalue weighted by Crippen LogP contribution is 2.29. The Hall–Kier alpha value is -2.75. The predicted octanol–water partition coefficient (Wildman–Crippen LogP) is 3.18. The van der Waals surface area contributed by atoms with Crippen LogP contribution in [0.25, 0.3) is 0 Å². The van der Waals surface area contributed by atoms with Crippen LogP contribution >= 0.6 is 0 Å². The SMILES string of the molecule is CC(Oc1ccc(N(C)S(C)(=O)=O)cc1)C(=O)NCc1cccc(C(F)(F)F)c1. The minimum atomic E-state index is -4.45. The van der Waals surface area contributed by atoms with E-state index in [1.165, 1.54) is 50.4 Å². The normalized spacial score (nSPS) is 12.9. The Labute approximate surface area is 167 Å². The van der Waals surface area contributed by atoms with Gasteiger partial charge in [-0.25, -0.2) is 8.42 Å². The van der Waals surface area contributed by atoms with E-state index in [0.29, 0.717) is 17.0 Å². The third kappa shape index (κ3) is 6.38. The smallest absolute Gasteiger partial charge is 0.416 e. The lowest BCUT2D eigenvalue weighted by Gasteiger charge is -2.18. The molecule has 0 fully saturated rings. The lowest BCUT2D eigenvalue weighted by atomic mass is 10.1. The van der Waals surface area contributed by atoms with Crippen LogP contribution in [0.5, 0.6) is 5.75 Å². The first-order valence-electron chi connectivity index (χ1n) is 8.52. The Balaban J connectivity index is 1.94. The van der Waals surface area contributed by atoms with Gasteiger partial charge < -0.3 is 10.1 Å². The Morgan fingerprint density at radius 2 is 1.79 bits per heavy atom. The molecule has 10 heteroatoms. The number of carbonyl (C=O) groups excluding carboxylic acids is 1. The van der Waals surface area contributed by atoms with E-state index in [2.05, 4.69) is 5.32 Å². The van der Waals surface area contributed by atoms with Gasteiger partial charge >= 0.3 is 6.18 Å². The van der Waals surface area contributed by atoms with Crippen LogP contribution in [0.2, 0.25) is 0 Å². The third-order valence-electron chi connectivity index (χ3n) is 4.10. The van der Waals surface area contributed by atoms with Gasteiger partial charge in [0.25, 0.3) is 5.91 Å². The number of nitrogens with zero attached hydrogens (tertiary/aromatic N) is 1. The molecule has 0 bridgehead atoms. The zero-order valence-electron chi connectivity index (χ0n) is 16.0. The van der Waals surface area contributed by atoms with Gasteiger partial charge in [-0.05, 0) is 48.9 Å². The minimum Gasteiger partial charge on any atom is -0.481 e. The number of anilines is 1. The molecule has 0 saturated carbocycles. The van der Waals surface area contributed by atoms with E-state index in [4.69, 9.17) is 4.74 Å². The van der Waals surface area contributed by atoms with Crippen LogP contribution in [0.4, 0.5) is 18.9 Å². The first-order chi connectivity index (χ1) is 13.4. The monoisotopic (exact) mass is 430 g/mol. The van der Waals surface area contributed by atoms with Crippen LogP contribution in [0.1, 0.15) is 18.1 Å². The van der Waals surface area contributed by atoms with Crippen LogP contribution < -0.4 is 14.4 Å². The predicted molar refractivity (Wildman–Crippen MR) is 103 cm³/mol. The highest BCUT2D eigenvalue weighted by Gasteiger charge is 2.30. The number of ether oxygens (including phenoxy) is 1. The van der Waals surface area contributed by atoms with Crippen molar-refractivity contribution in [2.24, 2.45) is 0 Å². The fourth-order valence-electron chi connectivity index (χ4n) is 2.37. The van der Waals surface area contributed by atoms with Gasteiger partial charge in [0, 0.05) is 13.6 Å². The van der Waals surface area contributed by atoms with Gasteiger partial charge in [-0.1, -0.05) is 12.1 Å². The molecule has 29 heavy (non-hydrogen) atoms. The fraction of sp³-hybridized carbons (Fsp3) is 0.316. The highest BCUT2D eigenvalue weighted by molar-refractivity contribution is 7.92. The molecule has 2 aromatic carbocycles. The molecule has 0 spiro atoms. The van der Waals surface area contributed by atoms with Gasteiger partial charge in [0.05, 0.1) is 17.5 Å². The maximum atomic E-state index is 12.7. The maximum absolute atomic E-state index is 12.7. The topological polar surface area (TPSA) is 75.7 Å². The molecule has 0 heterocycles. The molecule has 0 saturated heterocycles. The van der Waals surface area contributed by atoms with Crippen molar-refractivity contribution >= 4 is 21.6 Å². The van der Waals surface area contributed by atoms with Crippen LogP contribution in [0.3, 0.4) is 0 Å². The van der Waals surface area contributed by atoms with E-state index >= 15 is 0 Å². The standard InChI is InChI=1S/C19H21F3N2O4S/c1-13(28-17-9-7-16(8-10-17)24(2)29(3,26)27)18(25)23-12-14-5-4-6-15(11-14)19(20,21)22/h4-11,13H,12H2,1-3H3,(H,23,25). The number of rotatable bonds is 7. The first kappa shape index (κ1) is 22.5. The summed E-state index contributed by atoms with van der Waals surface area (Å²) in [5.41, 5.74) is -0.0391. The van der Waals surface area contributed by atoms with Crippen molar-refractivity contribution in [2.75, 3.05) is 17.6 Å². The molecule has 158 valence electrons. The van der Waals surface area contributed by atoms with Crippen LogP contribution in [0, 0.1) is 0 Å². The average Bonchev–Trinajstić information content (AvgIpc) is 2.65. The Morgan fingerprint density at radius 3 is 2.34 bits per heavy atom. The molecule has 6 nitrogen and oxygen atoms in total. The van der Waals surface area contributed by atoms with Gasteiger partial charge in [0.2, 0.25) is 10.0 Å². The zero-order valence-corrected chi connectivity index (χ0v) is 16.8. The highest BCUT2D eigenvalue weighted by atomic mass is 32.2. The second-order valence-electron chi connectivity index (χ2n) is 6.40. The lowest BCUT2D eigenvalue weighted by molar-refractivity contribution is -0.137. The summed E-state index contributed by atoms with van der Waals surface area (Å²) >= 11 is 0. The summed E-state index contributed by atoms with van der Waals surface area (Å²) in [7, 11) is -1.98. The number of halogens is 3. The Kier molecular flexibility index (Phi) is 6.78. The number of sulfonamides is 1.